The number of aromatic nitrogens is 4. The predicted molar refractivity (Wildman–Crippen MR) is 201 cm³/mol. The van der Waals surface area contributed by atoms with Crippen LogP contribution in [0, 0.1) is 5.92 Å². The van der Waals surface area contributed by atoms with Crippen molar-refractivity contribution in [2.45, 2.75) is 70.6 Å². The number of rotatable bonds is 22. The molecule has 1 unspecified atom stereocenters. The zero-order valence-corrected chi connectivity index (χ0v) is 32.5. The summed E-state index contributed by atoms with van der Waals surface area (Å²) < 4.78 is 48.5. The van der Waals surface area contributed by atoms with Gasteiger partial charge in [0.05, 0.1) is 32.6 Å². The average Bonchev–Trinajstić information content (AvgIpc) is 3.78. The highest BCUT2D eigenvalue weighted by Gasteiger charge is 2.42. The fourth-order valence-electron chi connectivity index (χ4n) is 5.52. The number of hydrogen-bond donors (Lipinski definition) is 4. The summed E-state index contributed by atoms with van der Waals surface area (Å²) in [6.45, 7) is 9.78. The lowest BCUT2D eigenvalue weighted by Gasteiger charge is -2.25. The van der Waals surface area contributed by atoms with Crippen molar-refractivity contribution in [2.24, 2.45) is 5.92 Å². The van der Waals surface area contributed by atoms with E-state index in [0.717, 1.165) is 5.56 Å². The van der Waals surface area contributed by atoms with Crippen LogP contribution in [0.1, 0.15) is 45.4 Å². The van der Waals surface area contributed by atoms with E-state index in [-0.39, 0.29) is 55.6 Å². The Bertz CT molecular complexity index is 1940. The number of imidazole rings is 1. The third-order valence-electron chi connectivity index (χ3n) is 8.04. The SMILES string of the molecule is C=CCOC(=O)N[C@@H](COP(=O)(OCC=C)OC[C@H]1O[C@@H](n2cnc3c(NC(=O)Cc4ccccc4)ncnc32)C[C@@H]1OC(C)=O)C(=O)N[C@@H](CC(C)C)C(=O)O. The topological polar surface area (TPSA) is 258 Å². The molecule has 2 aromatic heterocycles. The lowest BCUT2D eigenvalue weighted by molar-refractivity contribution is -0.150. The molecule has 3 amide bonds. The van der Waals surface area contributed by atoms with Crippen LogP contribution < -0.4 is 16.0 Å². The second-order valence-electron chi connectivity index (χ2n) is 13.0. The first-order valence-corrected chi connectivity index (χ1v) is 19.2. The Morgan fingerprint density at radius 2 is 1.75 bits per heavy atom. The average molecular weight is 816 g/mol. The zero-order chi connectivity index (χ0) is 41.5. The Morgan fingerprint density at radius 3 is 2.42 bits per heavy atom. The van der Waals surface area contributed by atoms with Gasteiger partial charge in [0.1, 0.15) is 43.5 Å². The quantitative estimate of drug-likeness (QED) is 0.0643. The van der Waals surface area contributed by atoms with E-state index in [1.807, 2.05) is 30.3 Å². The second-order valence-corrected chi connectivity index (χ2v) is 14.7. The van der Waals surface area contributed by atoms with Crippen LogP contribution in [0.4, 0.5) is 10.6 Å². The number of carboxylic acid groups (broad SMARTS) is 1. The Morgan fingerprint density at radius 1 is 1.02 bits per heavy atom. The maximum atomic E-state index is 13.9. The zero-order valence-electron chi connectivity index (χ0n) is 31.6. The molecule has 0 saturated carbocycles. The molecule has 4 N–H and O–H groups in total. The first-order chi connectivity index (χ1) is 27.2. The summed E-state index contributed by atoms with van der Waals surface area (Å²) in [5, 5.41) is 17.0. The number of anilines is 1. The van der Waals surface area contributed by atoms with Gasteiger partial charge in [0.15, 0.2) is 17.0 Å². The van der Waals surface area contributed by atoms with Gasteiger partial charge in [-0.15, -0.1) is 6.58 Å². The number of amides is 3. The Kier molecular flexibility index (Phi) is 16.4. The van der Waals surface area contributed by atoms with Gasteiger partial charge >= 0.3 is 25.9 Å². The van der Waals surface area contributed by atoms with E-state index in [1.54, 1.807) is 18.4 Å². The van der Waals surface area contributed by atoms with E-state index in [9.17, 15) is 33.6 Å². The molecule has 308 valence electrons. The monoisotopic (exact) mass is 815 g/mol. The lowest BCUT2D eigenvalue weighted by Crippen LogP contribution is -2.53. The van der Waals surface area contributed by atoms with Crippen LogP contribution in [0.15, 0.2) is 68.3 Å². The van der Waals surface area contributed by atoms with Crippen molar-refractivity contribution in [3.8, 4) is 0 Å². The van der Waals surface area contributed by atoms with E-state index < -0.39 is 75.5 Å². The number of carbonyl (C=O) groups is 5. The Balaban J connectivity index is 1.50. The number of alkyl carbamates (subject to hydrolysis) is 1. The Hall–Kier alpha value is -5.53. The van der Waals surface area contributed by atoms with Gasteiger partial charge < -0.3 is 35.3 Å². The fourth-order valence-corrected chi connectivity index (χ4v) is 6.70. The number of ether oxygens (including phenoxy) is 3. The molecule has 57 heavy (non-hydrogen) atoms. The van der Waals surface area contributed by atoms with Crippen molar-refractivity contribution >= 4 is 54.7 Å². The van der Waals surface area contributed by atoms with E-state index in [0.29, 0.717) is 5.65 Å². The maximum Gasteiger partial charge on any atom is 0.475 e. The fraction of sp³-hybridized carbons (Fsp3) is 0.444. The third kappa shape index (κ3) is 13.3. The first kappa shape index (κ1) is 44.2. The largest absolute Gasteiger partial charge is 0.480 e. The molecule has 1 fully saturated rings. The van der Waals surface area contributed by atoms with Crippen LogP contribution in [0.25, 0.3) is 11.2 Å². The minimum Gasteiger partial charge on any atom is -0.480 e. The number of benzene rings is 1. The van der Waals surface area contributed by atoms with E-state index in [2.05, 4.69) is 44.1 Å². The van der Waals surface area contributed by atoms with Gasteiger partial charge in [-0.3, -0.25) is 32.5 Å². The van der Waals surface area contributed by atoms with E-state index in [4.69, 9.17) is 27.8 Å². The number of aliphatic carboxylic acids is 1. The van der Waals surface area contributed by atoms with Gasteiger partial charge in [-0.05, 0) is 17.9 Å². The lowest BCUT2D eigenvalue weighted by atomic mass is 10.0. The van der Waals surface area contributed by atoms with Crippen LogP contribution in [0.5, 0.6) is 0 Å². The van der Waals surface area contributed by atoms with Crippen LogP contribution in [0.3, 0.4) is 0 Å². The molecule has 3 aromatic rings. The minimum absolute atomic E-state index is 0.0670. The predicted octanol–water partition coefficient (Wildman–Crippen LogP) is 3.47. The molecule has 0 bridgehead atoms. The van der Waals surface area contributed by atoms with E-state index in [1.165, 1.54) is 31.7 Å². The maximum absolute atomic E-state index is 13.9. The number of fused-ring (bicyclic) bond motifs is 1. The summed E-state index contributed by atoms with van der Waals surface area (Å²) >= 11 is 0. The highest BCUT2D eigenvalue weighted by molar-refractivity contribution is 7.48. The number of nitrogens with zero attached hydrogens (tertiary/aromatic N) is 4. The Labute approximate surface area is 327 Å². The summed E-state index contributed by atoms with van der Waals surface area (Å²) in [4.78, 5) is 75.3. The number of hydrogen-bond acceptors (Lipinski definition) is 15. The molecule has 1 aliphatic heterocycles. The molecule has 6 atom stereocenters. The minimum atomic E-state index is -4.62. The number of phosphoric acid groups is 1. The number of phosphoric ester groups is 1. The normalized spacial score (nSPS) is 18.5. The second kappa shape index (κ2) is 21.1. The number of carboxylic acids is 1. The smallest absolute Gasteiger partial charge is 0.475 e. The molecule has 1 aromatic carbocycles. The van der Waals surface area contributed by atoms with Crippen molar-refractivity contribution in [2.75, 3.05) is 31.7 Å². The van der Waals surface area contributed by atoms with Crippen LogP contribution >= 0.6 is 7.82 Å². The molecule has 3 heterocycles. The first-order valence-electron chi connectivity index (χ1n) is 17.8. The summed E-state index contributed by atoms with van der Waals surface area (Å²) in [6.07, 6.45) is 1.50. The molecule has 21 heteroatoms. The van der Waals surface area contributed by atoms with Gasteiger partial charge in [0.25, 0.3) is 0 Å². The van der Waals surface area contributed by atoms with Gasteiger partial charge in [0, 0.05) is 13.3 Å². The summed E-state index contributed by atoms with van der Waals surface area (Å²) in [5.74, 6) is -3.21. The van der Waals surface area contributed by atoms with Gasteiger partial charge in [-0.1, -0.05) is 62.9 Å². The molecular weight excluding hydrogens is 769 g/mol. The third-order valence-corrected chi connectivity index (χ3v) is 9.44. The standard InChI is InChI=1S/C36H46N7O13P/c1-6-13-51-36(49)41-26(34(46)40-25(35(47)48)15-22(3)4)18-53-57(50,52-14-7-2)54-19-28-27(55-23(5)44)17-30(56-28)43-21-39-31-32(37-20-38-33(31)43)42-29(45)16-24-11-9-8-10-12-24/h6-12,20-22,25-28,30H,1-2,13-19H2,3-5H3,(H,40,46)(H,41,49)(H,47,48)(H,37,38,42,45)/t25-,26-,27-,28+,30+,57?/m0/s1. The molecule has 20 nitrogen and oxygen atoms in total. The summed E-state index contributed by atoms with van der Waals surface area (Å²) in [7, 11) is -4.62. The van der Waals surface area contributed by atoms with Gasteiger partial charge in [-0.2, -0.15) is 0 Å². The van der Waals surface area contributed by atoms with Crippen molar-refractivity contribution in [1.82, 2.24) is 30.2 Å². The van der Waals surface area contributed by atoms with Crippen LogP contribution in [0.2, 0.25) is 0 Å². The molecule has 1 aliphatic rings. The van der Waals surface area contributed by atoms with Crippen molar-refractivity contribution in [1.29, 1.82) is 0 Å². The number of carbonyl (C=O) groups excluding carboxylic acids is 4. The van der Waals surface area contributed by atoms with Gasteiger partial charge in [-0.25, -0.2) is 29.1 Å². The van der Waals surface area contributed by atoms with Crippen LogP contribution in [-0.4, -0.2) is 105 Å². The summed E-state index contributed by atoms with van der Waals surface area (Å²) in [6, 6.07) is 6.19. The van der Waals surface area contributed by atoms with E-state index >= 15 is 0 Å². The summed E-state index contributed by atoms with van der Waals surface area (Å²) in [5.41, 5.74) is 1.36. The number of nitrogens with one attached hydrogen (secondary N) is 3. The molecule has 0 spiro atoms. The molecule has 4 rings (SSSR count). The molecular formula is C36H46N7O13P. The van der Waals surface area contributed by atoms with Crippen molar-refractivity contribution in [3.63, 3.8) is 0 Å². The highest BCUT2D eigenvalue weighted by atomic mass is 31.2. The molecule has 0 aliphatic carbocycles. The van der Waals surface area contributed by atoms with Crippen molar-refractivity contribution in [3.05, 3.63) is 73.9 Å². The molecule has 0 radical (unpaired) electrons. The van der Waals surface area contributed by atoms with Crippen molar-refractivity contribution < 1.29 is 61.4 Å². The number of esters is 1. The van der Waals surface area contributed by atoms with Crippen LogP contribution in [-0.2, 0) is 57.9 Å². The molecule has 1 saturated heterocycles. The van der Waals surface area contributed by atoms with Gasteiger partial charge in [0.2, 0.25) is 11.8 Å². The highest BCUT2D eigenvalue weighted by Crippen LogP contribution is 2.50.